The Kier molecular flexibility index (Phi) is 4.82. The lowest BCUT2D eigenvalue weighted by atomic mass is 10.1. The summed E-state index contributed by atoms with van der Waals surface area (Å²) in [6.45, 7) is 3.66. The van der Waals surface area contributed by atoms with Crippen molar-refractivity contribution in [2.45, 2.75) is 13.8 Å². The number of para-hydroxylation sites is 1. The lowest BCUT2D eigenvalue weighted by Gasteiger charge is -2.09. The number of hydrogen-bond donors (Lipinski definition) is 4. The molecular weight excluding hydrogens is 420 g/mol. The number of nitrogens with two attached hydrogens (primary N) is 1. The summed E-state index contributed by atoms with van der Waals surface area (Å²) >= 11 is 0. The van der Waals surface area contributed by atoms with Crippen LogP contribution in [0.15, 0.2) is 48.9 Å². The molecule has 2 amide bonds. The van der Waals surface area contributed by atoms with E-state index in [1.54, 1.807) is 30.7 Å². The number of aromatic nitrogens is 6. The molecule has 0 saturated carbocycles. The number of rotatable bonds is 5. The molecule has 4 aromatic heterocycles. The van der Waals surface area contributed by atoms with Gasteiger partial charge in [0.15, 0.2) is 11.5 Å². The molecule has 0 aliphatic heterocycles. The standard InChI is InChI=1S/C23H20N8O2/c1-11(2)23(33)27-14-6-12(8-25-10-14)13-7-16-19(30-31-21(16)26-9-13)22-28-17-5-3-4-15(20(24)32)18(17)29-22/h3-11H,1-2H3,(H2,24,32)(H,27,33)(H,28,29)(H,26,30,31). The molecule has 0 aliphatic rings. The van der Waals surface area contributed by atoms with E-state index in [-0.39, 0.29) is 11.8 Å². The maximum atomic E-state index is 12.0. The molecule has 10 heteroatoms. The molecule has 0 spiro atoms. The molecule has 1 aromatic carbocycles. The normalized spacial score (nSPS) is 11.4. The third-order valence-corrected chi connectivity index (χ3v) is 5.28. The van der Waals surface area contributed by atoms with Gasteiger partial charge in [-0.1, -0.05) is 19.9 Å². The molecule has 0 unspecified atom stereocenters. The number of primary amides is 1. The topological polar surface area (TPSA) is 155 Å². The molecule has 4 heterocycles. The minimum absolute atomic E-state index is 0.0835. The predicted octanol–water partition coefficient (Wildman–Crippen LogP) is 3.26. The number of amides is 2. The van der Waals surface area contributed by atoms with E-state index >= 15 is 0 Å². The van der Waals surface area contributed by atoms with Gasteiger partial charge in [-0.2, -0.15) is 5.10 Å². The first-order chi connectivity index (χ1) is 15.9. The van der Waals surface area contributed by atoms with Crippen molar-refractivity contribution >= 4 is 39.6 Å². The first-order valence-electron chi connectivity index (χ1n) is 10.3. The van der Waals surface area contributed by atoms with Crippen LogP contribution in [0, 0.1) is 5.92 Å². The number of hydrogen-bond acceptors (Lipinski definition) is 6. The maximum absolute atomic E-state index is 12.0. The predicted molar refractivity (Wildman–Crippen MR) is 124 cm³/mol. The van der Waals surface area contributed by atoms with Gasteiger partial charge in [0.1, 0.15) is 11.2 Å². The van der Waals surface area contributed by atoms with Crippen molar-refractivity contribution in [2.75, 3.05) is 5.32 Å². The van der Waals surface area contributed by atoms with Crippen LogP contribution in [0.5, 0.6) is 0 Å². The van der Waals surface area contributed by atoms with Crippen LogP contribution in [-0.2, 0) is 4.79 Å². The maximum Gasteiger partial charge on any atom is 0.250 e. The number of benzene rings is 1. The highest BCUT2D eigenvalue weighted by atomic mass is 16.2. The van der Waals surface area contributed by atoms with Crippen molar-refractivity contribution in [3.63, 3.8) is 0 Å². The molecule has 33 heavy (non-hydrogen) atoms. The van der Waals surface area contributed by atoms with E-state index in [4.69, 9.17) is 5.73 Å². The van der Waals surface area contributed by atoms with Crippen molar-refractivity contribution in [1.82, 2.24) is 30.1 Å². The minimum atomic E-state index is -0.550. The van der Waals surface area contributed by atoms with Gasteiger partial charge >= 0.3 is 0 Å². The molecule has 164 valence electrons. The number of nitrogens with one attached hydrogen (secondary N) is 3. The van der Waals surface area contributed by atoms with Crippen LogP contribution in [0.2, 0.25) is 0 Å². The fourth-order valence-corrected chi connectivity index (χ4v) is 3.54. The molecular formula is C23H20N8O2. The summed E-state index contributed by atoms with van der Waals surface area (Å²) in [5.74, 6) is -0.287. The molecule has 5 rings (SSSR count). The summed E-state index contributed by atoms with van der Waals surface area (Å²) in [6.07, 6.45) is 5.01. The average molecular weight is 440 g/mol. The van der Waals surface area contributed by atoms with Gasteiger partial charge in [0, 0.05) is 29.4 Å². The largest absolute Gasteiger partial charge is 0.366 e. The number of pyridine rings is 2. The molecule has 0 fully saturated rings. The second-order valence-electron chi connectivity index (χ2n) is 7.95. The van der Waals surface area contributed by atoms with Gasteiger partial charge in [0.2, 0.25) is 5.91 Å². The first kappa shape index (κ1) is 20.3. The summed E-state index contributed by atoms with van der Waals surface area (Å²) in [5, 5.41) is 10.9. The number of imidazole rings is 1. The molecule has 5 aromatic rings. The number of H-pyrrole nitrogens is 2. The number of nitrogens with zero attached hydrogens (tertiary/aromatic N) is 4. The summed E-state index contributed by atoms with van der Waals surface area (Å²) in [7, 11) is 0. The molecule has 10 nitrogen and oxygen atoms in total. The van der Waals surface area contributed by atoms with E-state index in [1.807, 2.05) is 32.0 Å². The highest BCUT2D eigenvalue weighted by Crippen LogP contribution is 2.30. The third kappa shape index (κ3) is 3.67. The number of fused-ring (bicyclic) bond motifs is 2. The second-order valence-corrected chi connectivity index (χ2v) is 7.95. The summed E-state index contributed by atoms with van der Waals surface area (Å²) < 4.78 is 0. The first-order valence-corrected chi connectivity index (χ1v) is 10.3. The van der Waals surface area contributed by atoms with Gasteiger partial charge in [0.25, 0.3) is 5.91 Å². The van der Waals surface area contributed by atoms with Crippen LogP contribution in [0.3, 0.4) is 0 Å². The lowest BCUT2D eigenvalue weighted by Crippen LogP contribution is -2.17. The Labute approximate surface area is 187 Å². The van der Waals surface area contributed by atoms with Gasteiger partial charge in [-0.05, 0) is 24.3 Å². The van der Waals surface area contributed by atoms with E-state index in [0.29, 0.717) is 39.4 Å². The summed E-state index contributed by atoms with van der Waals surface area (Å²) in [5.41, 5.74) is 10.3. The van der Waals surface area contributed by atoms with Crippen molar-refractivity contribution in [2.24, 2.45) is 11.7 Å². The van der Waals surface area contributed by atoms with E-state index in [1.165, 1.54) is 0 Å². The monoisotopic (exact) mass is 440 g/mol. The zero-order valence-corrected chi connectivity index (χ0v) is 17.9. The molecule has 0 bridgehead atoms. The Morgan fingerprint density at radius 2 is 1.91 bits per heavy atom. The van der Waals surface area contributed by atoms with Crippen molar-refractivity contribution in [3.8, 4) is 22.6 Å². The van der Waals surface area contributed by atoms with E-state index < -0.39 is 5.91 Å². The van der Waals surface area contributed by atoms with Crippen LogP contribution in [-0.4, -0.2) is 41.9 Å². The van der Waals surface area contributed by atoms with E-state index in [2.05, 4.69) is 35.5 Å². The summed E-state index contributed by atoms with van der Waals surface area (Å²) in [4.78, 5) is 40.3. The Morgan fingerprint density at radius 1 is 1.09 bits per heavy atom. The molecule has 0 atom stereocenters. The number of carbonyl (C=O) groups is 2. The van der Waals surface area contributed by atoms with Crippen LogP contribution in [0.4, 0.5) is 5.69 Å². The van der Waals surface area contributed by atoms with Crippen LogP contribution in [0.25, 0.3) is 44.7 Å². The van der Waals surface area contributed by atoms with E-state index in [9.17, 15) is 9.59 Å². The number of aromatic amines is 2. The average Bonchev–Trinajstić information content (AvgIpc) is 3.42. The summed E-state index contributed by atoms with van der Waals surface area (Å²) in [6, 6.07) is 8.96. The van der Waals surface area contributed by atoms with Gasteiger partial charge in [-0.3, -0.25) is 19.7 Å². The zero-order chi connectivity index (χ0) is 23.1. The minimum Gasteiger partial charge on any atom is -0.366 e. The molecule has 0 aliphatic carbocycles. The highest BCUT2D eigenvalue weighted by molar-refractivity contribution is 6.05. The van der Waals surface area contributed by atoms with E-state index in [0.717, 1.165) is 16.5 Å². The van der Waals surface area contributed by atoms with Crippen molar-refractivity contribution < 1.29 is 9.59 Å². The Bertz CT molecular complexity index is 1530. The molecule has 0 saturated heterocycles. The molecule has 5 N–H and O–H groups in total. The van der Waals surface area contributed by atoms with Gasteiger partial charge in [0.05, 0.1) is 28.4 Å². The molecule has 0 radical (unpaired) electrons. The third-order valence-electron chi connectivity index (χ3n) is 5.28. The fourth-order valence-electron chi connectivity index (χ4n) is 3.54. The number of anilines is 1. The SMILES string of the molecule is CC(C)C(=O)Nc1cncc(-c2cnc3[nH]nc(-c4nc5c(C(N)=O)cccc5[nH]4)c3c2)c1. The van der Waals surface area contributed by atoms with Gasteiger partial charge in [-0.25, -0.2) is 9.97 Å². The smallest absolute Gasteiger partial charge is 0.250 e. The Balaban J connectivity index is 1.57. The van der Waals surface area contributed by atoms with Crippen molar-refractivity contribution in [1.29, 1.82) is 0 Å². The van der Waals surface area contributed by atoms with Crippen LogP contribution in [0.1, 0.15) is 24.2 Å². The quantitative estimate of drug-likeness (QED) is 0.329. The fraction of sp³-hybridized carbons (Fsp3) is 0.130. The zero-order valence-electron chi connectivity index (χ0n) is 17.9. The van der Waals surface area contributed by atoms with Crippen molar-refractivity contribution in [3.05, 3.63) is 54.5 Å². The Hall–Kier alpha value is -4.60. The number of carbonyl (C=O) groups excluding carboxylic acids is 2. The van der Waals surface area contributed by atoms with Gasteiger partial charge < -0.3 is 16.0 Å². The van der Waals surface area contributed by atoms with Crippen LogP contribution >= 0.6 is 0 Å². The highest BCUT2D eigenvalue weighted by Gasteiger charge is 2.17. The lowest BCUT2D eigenvalue weighted by molar-refractivity contribution is -0.118. The Morgan fingerprint density at radius 3 is 2.70 bits per heavy atom. The van der Waals surface area contributed by atoms with Gasteiger partial charge in [-0.15, -0.1) is 0 Å². The second kappa shape index (κ2) is 7.83. The van der Waals surface area contributed by atoms with Crippen LogP contribution < -0.4 is 11.1 Å².